The average Bonchev–Trinajstić information content (AvgIpc) is 3.74. The lowest BCUT2D eigenvalue weighted by atomic mass is 10.0. The molecule has 3 nitrogen and oxygen atoms in total. The molecule has 0 saturated carbocycles. The number of rotatable bonds is 6. The second-order valence-corrected chi connectivity index (χ2v) is 15.2. The molecule has 0 spiro atoms. The highest BCUT2D eigenvalue weighted by molar-refractivity contribution is 7.25. The highest BCUT2D eigenvalue weighted by Crippen LogP contribution is 2.48. The summed E-state index contributed by atoms with van der Waals surface area (Å²) in [6.07, 6.45) is 0. The molecule has 1 aliphatic rings. The van der Waals surface area contributed by atoms with Gasteiger partial charge in [0.15, 0.2) is 5.78 Å². The van der Waals surface area contributed by atoms with Crippen molar-refractivity contribution in [2.45, 2.75) is 0 Å². The van der Waals surface area contributed by atoms with Crippen molar-refractivity contribution in [3.05, 3.63) is 205 Å². The third kappa shape index (κ3) is 5.07. The summed E-state index contributed by atoms with van der Waals surface area (Å²) >= 11 is 1.79. The van der Waals surface area contributed by atoms with Gasteiger partial charge >= 0.3 is 0 Å². The van der Waals surface area contributed by atoms with Crippen LogP contribution in [0.2, 0.25) is 0 Å². The van der Waals surface area contributed by atoms with E-state index < -0.39 is 0 Å². The summed E-state index contributed by atoms with van der Waals surface area (Å²) < 4.78 is 2.36. The van der Waals surface area contributed by atoms with Crippen LogP contribution in [0.3, 0.4) is 0 Å². The minimum absolute atomic E-state index is 0.0712. The van der Waals surface area contributed by atoms with E-state index in [1.165, 1.54) is 25.6 Å². The maximum absolute atomic E-state index is 14.4. The number of fused-ring (bicyclic) bond motifs is 8. The number of nitrogens with zero attached hydrogens (tertiary/aromatic N) is 2. The number of carbonyl (C=O) groups excluding carboxylic acids is 1. The molecule has 258 valence electrons. The summed E-state index contributed by atoms with van der Waals surface area (Å²) in [4.78, 5) is 19.0. The summed E-state index contributed by atoms with van der Waals surface area (Å²) in [6, 6.07) is 68.4. The van der Waals surface area contributed by atoms with Crippen molar-refractivity contribution in [3.63, 3.8) is 0 Å². The lowest BCUT2D eigenvalue weighted by Gasteiger charge is -2.27. The summed E-state index contributed by atoms with van der Waals surface area (Å²) in [5.74, 6) is 0.0712. The molecule has 1 heterocycles. The number of ketones is 1. The molecule has 0 unspecified atom stereocenters. The van der Waals surface area contributed by atoms with Gasteiger partial charge in [0.25, 0.3) is 0 Å². The van der Waals surface area contributed by atoms with Crippen LogP contribution in [0.5, 0.6) is 0 Å². The molecule has 0 radical (unpaired) electrons. The third-order valence-electron chi connectivity index (χ3n) is 10.9. The van der Waals surface area contributed by atoms with Crippen LogP contribution in [0.25, 0.3) is 52.8 Å². The molecule has 0 saturated heterocycles. The molecule has 0 aliphatic heterocycles. The topological polar surface area (TPSA) is 23.6 Å². The van der Waals surface area contributed by atoms with E-state index in [4.69, 9.17) is 0 Å². The van der Waals surface area contributed by atoms with Crippen molar-refractivity contribution in [2.24, 2.45) is 0 Å². The number of para-hydroxylation sites is 2. The van der Waals surface area contributed by atoms with Gasteiger partial charge in [-0.05, 0) is 94.7 Å². The Hall–Kier alpha value is -7.01. The summed E-state index contributed by atoms with van der Waals surface area (Å²) in [5.41, 5.74) is 9.90. The van der Waals surface area contributed by atoms with Crippen molar-refractivity contribution in [2.75, 3.05) is 9.80 Å². The van der Waals surface area contributed by atoms with Crippen LogP contribution < -0.4 is 9.80 Å². The average molecular weight is 721 g/mol. The molecule has 0 atom stereocenters. The second-order valence-electron chi connectivity index (χ2n) is 14.1. The van der Waals surface area contributed by atoms with Crippen LogP contribution in [0.15, 0.2) is 194 Å². The molecule has 55 heavy (non-hydrogen) atoms. The van der Waals surface area contributed by atoms with Crippen molar-refractivity contribution in [1.82, 2.24) is 0 Å². The van der Waals surface area contributed by atoms with Gasteiger partial charge in [-0.25, -0.2) is 0 Å². The Morgan fingerprint density at radius 3 is 1.47 bits per heavy atom. The van der Waals surface area contributed by atoms with Gasteiger partial charge in [0.05, 0.1) is 11.4 Å². The first-order valence-electron chi connectivity index (χ1n) is 18.5. The van der Waals surface area contributed by atoms with Gasteiger partial charge in [0, 0.05) is 64.8 Å². The lowest BCUT2D eigenvalue weighted by molar-refractivity contribution is 0.104. The van der Waals surface area contributed by atoms with E-state index in [9.17, 15) is 4.79 Å². The van der Waals surface area contributed by atoms with Crippen LogP contribution in [0, 0.1) is 0 Å². The number of hydrogen-bond donors (Lipinski definition) is 0. The largest absolute Gasteiger partial charge is 0.310 e. The number of anilines is 6. The molecule has 1 aromatic heterocycles. The Bertz CT molecular complexity index is 3120. The SMILES string of the molecule is O=C1c2cc(N(c3ccccc3)c3cccc4ccccc34)ccc2-c2cc3sc4cc(N(c5ccccc5)c5cccc6ccccc56)ccc4c3cc21. The monoisotopic (exact) mass is 720 g/mol. The second kappa shape index (κ2) is 12.6. The molecule has 0 amide bonds. The zero-order valence-electron chi connectivity index (χ0n) is 29.7. The zero-order valence-corrected chi connectivity index (χ0v) is 30.5. The molecular weight excluding hydrogens is 689 g/mol. The first-order chi connectivity index (χ1) is 27.2. The van der Waals surface area contributed by atoms with E-state index in [1.807, 2.05) is 6.07 Å². The van der Waals surface area contributed by atoms with E-state index in [0.717, 1.165) is 72.5 Å². The normalized spacial score (nSPS) is 12.0. The molecular formula is C51H32N2OS. The van der Waals surface area contributed by atoms with Crippen LogP contribution in [0.4, 0.5) is 34.1 Å². The summed E-state index contributed by atoms with van der Waals surface area (Å²) in [5, 5.41) is 7.01. The predicted octanol–water partition coefficient (Wildman–Crippen LogP) is 14.5. The van der Waals surface area contributed by atoms with Crippen molar-refractivity contribution < 1.29 is 4.79 Å². The van der Waals surface area contributed by atoms with Gasteiger partial charge in [0.2, 0.25) is 0 Å². The Kier molecular flexibility index (Phi) is 7.19. The number of carbonyl (C=O) groups is 1. The highest BCUT2D eigenvalue weighted by Gasteiger charge is 2.30. The first-order valence-corrected chi connectivity index (χ1v) is 19.4. The van der Waals surface area contributed by atoms with Crippen molar-refractivity contribution in [1.29, 1.82) is 0 Å². The van der Waals surface area contributed by atoms with Gasteiger partial charge in [-0.3, -0.25) is 4.79 Å². The quantitative estimate of drug-likeness (QED) is 0.171. The minimum atomic E-state index is 0.0712. The molecule has 4 heteroatoms. The Morgan fingerprint density at radius 1 is 0.327 bits per heavy atom. The zero-order chi connectivity index (χ0) is 36.5. The Labute approximate surface area is 322 Å². The maximum atomic E-state index is 14.4. The van der Waals surface area contributed by atoms with E-state index in [-0.39, 0.29) is 5.78 Å². The Balaban J connectivity index is 1.02. The van der Waals surface area contributed by atoms with Crippen LogP contribution in [0.1, 0.15) is 15.9 Å². The fraction of sp³-hybridized carbons (Fsp3) is 0. The lowest BCUT2D eigenvalue weighted by Crippen LogP contribution is -2.11. The van der Waals surface area contributed by atoms with Crippen molar-refractivity contribution in [3.8, 4) is 11.1 Å². The molecule has 1 aliphatic carbocycles. The van der Waals surface area contributed by atoms with E-state index in [1.54, 1.807) is 11.3 Å². The van der Waals surface area contributed by atoms with Gasteiger partial charge in [-0.15, -0.1) is 11.3 Å². The first kappa shape index (κ1) is 31.5. The summed E-state index contributed by atoms with van der Waals surface area (Å²) in [7, 11) is 0. The molecule has 11 rings (SSSR count). The van der Waals surface area contributed by atoms with Crippen LogP contribution in [-0.2, 0) is 0 Å². The van der Waals surface area contributed by atoms with Gasteiger partial charge in [-0.1, -0.05) is 121 Å². The number of benzene rings is 9. The smallest absolute Gasteiger partial charge is 0.194 e. The fourth-order valence-corrected chi connectivity index (χ4v) is 9.58. The van der Waals surface area contributed by atoms with E-state index in [0.29, 0.717) is 0 Å². The van der Waals surface area contributed by atoms with Gasteiger partial charge in [-0.2, -0.15) is 0 Å². The maximum Gasteiger partial charge on any atom is 0.194 e. The van der Waals surface area contributed by atoms with Crippen LogP contribution >= 0.6 is 11.3 Å². The van der Waals surface area contributed by atoms with Crippen molar-refractivity contribution >= 4 is 93.0 Å². The number of thiophene rings is 1. The van der Waals surface area contributed by atoms with E-state index >= 15 is 0 Å². The van der Waals surface area contributed by atoms with E-state index in [2.05, 4.69) is 198 Å². The Morgan fingerprint density at radius 2 is 0.836 bits per heavy atom. The summed E-state index contributed by atoms with van der Waals surface area (Å²) in [6.45, 7) is 0. The van der Waals surface area contributed by atoms with Crippen LogP contribution in [-0.4, -0.2) is 5.78 Å². The van der Waals surface area contributed by atoms with Gasteiger partial charge < -0.3 is 9.80 Å². The molecule has 10 aromatic rings. The minimum Gasteiger partial charge on any atom is -0.310 e. The standard InChI is InChI=1S/C51H32N2OS/c54-51-45-29-37(52(35-17-3-1-4-18-35)47-23-11-15-33-13-7-9-21-39(33)47)25-27-41(45)43-32-50-44(31-46(43)51)42-28-26-38(30-49(42)55-50)53(36-19-5-2-6-20-36)48-24-12-16-34-14-8-10-22-40(34)48/h1-32H. The fourth-order valence-electron chi connectivity index (χ4n) is 8.42. The highest BCUT2D eigenvalue weighted by atomic mass is 32.1. The predicted molar refractivity (Wildman–Crippen MR) is 233 cm³/mol. The molecule has 0 fully saturated rings. The molecule has 9 aromatic carbocycles. The molecule has 0 N–H and O–H groups in total. The third-order valence-corrected chi connectivity index (χ3v) is 12.1. The number of hydrogen-bond acceptors (Lipinski definition) is 4. The molecule has 0 bridgehead atoms. The van der Waals surface area contributed by atoms with Gasteiger partial charge in [0.1, 0.15) is 0 Å².